The number of primary amides is 1. The molecule has 8 heteroatoms. The molecular weight excluding hydrogens is 406 g/mol. The molecule has 2 N–H and O–H groups in total. The minimum atomic E-state index is -0.629. The molecule has 8 nitrogen and oxygen atoms in total. The summed E-state index contributed by atoms with van der Waals surface area (Å²) in [6.45, 7) is 1.08. The van der Waals surface area contributed by atoms with Crippen LogP contribution < -0.4 is 15.4 Å². The quantitative estimate of drug-likeness (QED) is 0.692. The first-order chi connectivity index (χ1) is 15.5. The van der Waals surface area contributed by atoms with Crippen LogP contribution in [0.4, 0.5) is 5.69 Å². The molecule has 1 saturated carbocycles. The van der Waals surface area contributed by atoms with Crippen LogP contribution in [-0.4, -0.2) is 34.7 Å². The average molecular weight is 425 g/mol. The maximum absolute atomic E-state index is 13.8. The Morgan fingerprint density at radius 1 is 1.16 bits per heavy atom. The Hall–Kier alpha value is -4.12. The van der Waals surface area contributed by atoms with E-state index in [-0.39, 0.29) is 17.0 Å². The van der Waals surface area contributed by atoms with Crippen LogP contribution in [0.2, 0.25) is 0 Å². The molecule has 1 aliphatic carbocycles. The number of nitriles is 1. The van der Waals surface area contributed by atoms with Crippen LogP contribution in [0.5, 0.6) is 5.75 Å². The first-order valence-electron chi connectivity index (χ1n) is 10.5. The molecule has 0 unspecified atom stereocenters. The number of hydrogen-bond donors (Lipinski definition) is 1. The predicted molar refractivity (Wildman–Crippen MR) is 115 cm³/mol. The van der Waals surface area contributed by atoms with E-state index in [0.717, 1.165) is 30.6 Å². The average Bonchev–Trinajstić information content (AvgIpc) is 3.22. The van der Waals surface area contributed by atoms with Gasteiger partial charge in [0.25, 0.3) is 11.8 Å². The summed E-state index contributed by atoms with van der Waals surface area (Å²) in [6.07, 6.45) is 2.48. The minimum Gasteiger partial charge on any atom is -0.493 e. The van der Waals surface area contributed by atoms with Gasteiger partial charge in [-0.3, -0.25) is 9.59 Å². The van der Waals surface area contributed by atoms with Gasteiger partial charge in [0.2, 0.25) is 0 Å². The Labute approximate surface area is 183 Å². The normalized spacial score (nSPS) is 17.5. The second-order valence-electron chi connectivity index (χ2n) is 8.57. The van der Waals surface area contributed by atoms with Crippen LogP contribution in [-0.2, 0) is 11.8 Å². The van der Waals surface area contributed by atoms with Gasteiger partial charge < -0.3 is 15.4 Å². The van der Waals surface area contributed by atoms with Crippen LogP contribution in [0, 0.1) is 11.3 Å². The zero-order valence-electron chi connectivity index (χ0n) is 17.2. The molecule has 6 rings (SSSR count). The standard InChI is InChI=1S/C24H19N5O3/c25-12-14-1-3-16(4-2-14)28-13-24(8-9-24)19-20(22(26)30)27-29(21(19)23(28)31)17-5-6-18-15(11-17)7-10-32-18/h1-6,11H,7-10,13H2,(H2,26,30). The zero-order chi connectivity index (χ0) is 22.0. The Balaban J connectivity index is 1.54. The Bertz CT molecular complexity index is 1350. The van der Waals surface area contributed by atoms with Crippen molar-refractivity contribution in [2.24, 2.45) is 5.73 Å². The van der Waals surface area contributed by atoms with Gasteiger partial charge in [-0.15, -0.1) is 0 Å². The smallest absolute Gasteiger partial charge is 0.277 e. The van der Waals surface area contributed by atoms with E-state index < -0.39 is 5.91 Å². The SMILES string of the molecule is N#Cc1ccc(N2CC3(CC3)c3c(C(N)=O)nn(-c4ccc5c(c4)CCO5)c3C2=O)cc1. The van der Waals surface area contributed by atoms with E-state index in [9.17, 15) is 9.59 Å². The molecule has 158 valence electrons. The topological polar surface area (TPSA) is 114 Å². The number of nitrogens with two attached hydrogens (primary N) is 1. The van der Waals surface area contributed by atoms with Crippen molar-refractivity contribution in [2.75, 3.05) is 18.1 Å². The Morgan fingerprint density at radius 3 is 2.59 bits per heavy atom. The van der Waals surface area contributed by atoms with Crippen LogP contribution in [0.1, 0.15) is 50.5 Å². The highest BCUT2D eigenvalue weighted by atomic mass is 16.5. The molecule has 32 heavy (non-hydrogen) atoms. The van der Waals surface area contributed by atoms with Gasteiger partial charge in [0.05, 0.1) is 23.9 Å². The third kappa shape index (κ3) is 2.57. The summed E-state index contributed by atoms with van der Waals surface area (Å²) in [5.41, 5.74) is 9.56. The Morgan fingerprint density at radius 2 is 1.91 bits per heavy atom. The monoisotopic (exact) mass is 425 g/mol. The van der Waals surface area contributed by atoms with E-state index in [1.807, 2.05) is 18.2 Å². The van der Waals surface area contributed by atoms with Crippen molar-refractivity contribution in [2.45, 2.75) is 24.7 Å². The molecule has 2 amide bonds. The zero-order valence-corrected chi connectivity index (χ0v) is 17.2. The number of benzene rings is 2. The van der Waals surface area contributed by atoms with Gasteiger partial charge in [-0.05, 0) is 60.9 Å². The molecule has 1 fully saturated rings. The molecule has 2 aliphatic heterocycles. The van der Waals surface area contributed by atoms with Gasteiger partial charge in [0, 0.05) is 29.6 Å². The third-order valence-electron chi connectivity index (χ3n) is 6.64. The molecule has 0 bridgehead atoms. The van der Waals surface area contributed by atoms with Gasteiger partial charge in [-0.25, -0.2) is 4.68 Å². The second-order valence-corrected chi connectivity index (χ2v) is 8.57. The van der Waals surface area contributed by atoms with Gasteiger partial charge in [-0.1, -0.05) is 0 Å². The summed E-state index contributed by atoms with van der Waals surface area (Å²) >= 11 is 0. The lowest BCUT2D eigenvalue weighted by Crippen LogP contribution is -2.44. The maximum Gasteiger partial charge on any atom is 0.277 e. The van der Waals surface area contributed by atoms with Crippen LogP contribution >= 0.6 is 0 Å². The number of rotatable bonds is 3. The largest absolute Gasteiger partial charge is 0.493 e. The molecule has 3 aromatic rings. The second kappa shape index (κ2) is 6.44. The number of amides is 2. The summed E-state index contributed by atoms with van der Waals surface area (Å²) < 4.78 is 7.16. The number of fused-ring (bicyclic) bond motifs is 3. The molecule has 0 saturated heterocycles. The van der Waals surface area contributed by atoms with Crippen molar-refractivity contribution < 1.29 is 14.3 Å². The summed E-state index contributed by atoms with van der Waals surface area (Å²) in [4.78, 5) is 27.8. The number of aromatic nitrogens is 2. The fraction of sp³-hybridized carbons (Fsp3) is 0.250. The number of anilines is 1. The number of ether oxygens (including phenoxy) is 1. The van der Waals surface area contributed by atoms with E-state index in [1.54, 1.807) is 33.8 Å². The van der Waals surface area contributed by atoms with Crippen LogP contribution in [0.15, 0.2) is 42.5 Å². The number of carbonyl (C=O) groups excluding carboxylic acids is 2. The molecule has 1 spiro atoms. The van der Waals surface area contributed by atoms with Crippen molar-refractivity contribution in [1.82, 2.24) is 9.78 Å². The summed E-state index contributed by atoms with van der Waals surface area (Å²) in [5, 5.41) is 13.6. The first kappa shape index (κ1) is 18.6. The lowest BCUT2D eigenvalue weighted by molar-refractivity contribution is 0.0966. The van der Waals surface area contributed by atoms with Crippen molar-refractivity contribution in [3.05, 3.63) is 70.5 Å². The number of nitrogens with zero attached hydrogens (tertiary/aromatic N) is 4. The maximum atomic E-state index is 13.8. The molecule has 0 radical (unpaired) electrons. The number of hydrogen-bond acceptors (Lipinski definition) is 5. The highest BCUT2D eigenvalue weighted by Gasteiger charge is 2.56. The van der Waals surface area contributed by atoms with Gasteiger partial charge in [0.1, 0.15) is 11.4 Å². The van der Waals surface area contributed by atoms with Crippen molar-refractivity contribution in [3.8, 4) is 17.5 Å². The summed E-state index contributed by atoms with van der Waals surface area (Å²) in [6, 6.07) is 14.7. The van der Waals surface area contributed by atoms with E-state index in [0.29, 0.717) is 41.3 Å². The lowest BCUT2D eigenvalue weighted by atomic mass is 9.88. The van der Waals surface area contributed by atoms with Gasteiger partial charge in [0.15, 0.2) is 5.69 Å². The first-order valence-corrected chi connectivity index (χ1v) is 10.5. The lowest BCUT2D eigenvalue weighted by Gasteiger charge is -2.33. The third-order valence-corrected chi connectivity index (χ3v) is 6.64. The van der Waals surface area contributed by atoms with Crippen molar-refractivity contribution >= 4 is 17.5 Å². The van der Waals surface area contributed by atoms with Gasteiger partial charge >= 0.3 is 0 Å². The van der Waals surface area contributed by atoms with E-state index in [2.05, 4.69) is 11.2 Å². The van der Waals surface area contributed by atoms with E-state index in [4.69, 9.17) is 15.7 Å². The molecular formula is C24H19N5O3. The molecule has 0 atom stereocenters. The number of carbonyl (C=O) groups is 2. The summed E-state index contributed by atoms with van der Waals surface area (Å²) in [5.74, 6) is -0.0385. The highest BCUT2D eigenvalue weighted by molar-refractivity contribution is 6.10. The Kier molecular flexibility index (Phi) is 3.75. The molecule has 3 aliphatic rings. The van der Waals surface area contributed by atoms with E-state index >= 15 is 0 Å². The molecule has 3 heterocycles. The fourth-order valence-electron chi connectivity index (χ4n) is 4.85. The highest BCUT2D eigenvalue weighted by Crippen LogP contribution is 2.54. The minimum absolute atomic E-state index is 0.169. The van der Waals surface area contributed by atoms with E-state index in [1.165, 1.54) is 0 Å². The van der Waals surface area contributed by atoms with Gasteiger partial charge in [-0.2, -0.15) is 10.4 Å². The molecule has 1 aromatic heterocycles. The predicted octanol–water partition coefficient (Wildman–Crippen LogP) is 2.47. The van der Waals surface area contributed by atoms with Crippen LogP contribution in [0.25, 0.3) is 5.69 Å². The van der Waals surface area contributed by atoms with Crippen molar-refractivity contribution in [1.29, 1.82) is 5.26 Å². The van der Waals surface area contributed by atoms with Crippen LogP contribution in [0.3, 0.4) is 0 Å². The fourth-order valence-corrected chi connectivity index (χ4v) is 4.85. The summed E-state index contributed by atoms with van der Waals surface area (Å²) in [7, 11) is 0. The molecule has 2 aromatic carbocycles. The van der Waals surface area contributed by atoms with Crippen molar-refractivity contribution in [3.63, 3.8) is 0 Å².